The van der Waals surface area contributed by atoms with E-state index in [9.17, 15) is 9.59 Å². The number of rotatable bonds is 1. The molecule has 1 saturated heterocycles. The molecule has 142 valence electrons. The van der Waals surface area contributed by atoms with Gasteiger partial charge >= 0.3 is 0 Å². The van der Waals surface area contributed by atoms with E-state index >= 15 is 0 Å². The molecule has 3 aliphatic carbocycles. The second kappa shape index (κ2) is 6.01. The van der Waals surface area contributed by atoms with Gasteiger partial charge in [0.15, 0.2) is 0 Å². The summed E-state index contributed by atoms with van der Waals surface area (Å²) in [6.07, 6.45) is 0. The molecule has 1 fully saturated rings. The lowest BCUT2D eigenvalue weighted by molar-refractivity contribution is -0.122. The molecular weight excluding hydrogens is 541 g/mol. The van der Waals surface area contributed by atoms with Gasteiger partial charge in [0, 0.05) is 9.49 Å². The first kappa shape index (κ1) is 17.8. The summed E-state index contributed by atoms with van der Waals surface area (Å²) in [6.45, 7) is 0. The molecule has 1 heterocycles. The molecule has 3 aromatic carbocycles. The summed E-state index contributed by atoms with van der Waals surface area (Å²) < 4.78 is 0.206. The summed E-state index contributed by atoms with van der Waals surface area (Å²) in [5, 5.41) is 0. The van der Waals surface area contributed by atoms with E-state index in [0.717, 1.165) is 25.8 Å². The third-order valence-corrected chi connectivity index (χ3v) is 8.87. The van der Waals surface area contributed by atoms with E-state index in [4.69, 9.17) is 0 Å². The number of para-hydroxylation sites is 1. The third-order valence-electron chi connectivity index (χ3n) is 6.61. The van der Waals surface area contributed by atoms with Crippen LogP contribution in [0, 0.1) is 15.4 Å². The zero-order valence-corrected chi connectivity index (χ0v) is 18.9. The SMILES string of the molecule is O=C1[C@@H]2C3c4ccccc4C(Br)(c4ccccc43)[C@H]2C(=O)N1c1ccccc1I. The largest absolute Gasteiger partial charge is 0.274 e. The molecular formula is C24H15BrINO2. The maximum absolute atomic E-state index is 13.8. The number of halogens is 2. The number of benzene rings is 3. The fourth-order valence-electron chi connectivity index (χ4n) is 5.55. The van der Waals surface area contributed by atoms with E-state index in [0.29, 0.717) is 5.69 Å². The maximum Gasteiger partial charge on any atom is 0.239 e. The average Bonchev–Trinajstić information content (AvgIpc) is 3.01. The predicted molar refractivity (Wildman–Crippen MR) is 123 cm³/mol. The highest BCUT2D eigenvalue weighted by molar-refractivity contribution is 14.1. The summed E-state index contributed by atoms with van der Waals surface area (Å²) in [5.41, 5.74) is 5.19. The molecule has 2 amide bonds. The van der Waals surface area contributed by atoms with Crippen molar-refractivity contribution in [1.29, 1.82) is 0 Å². The van der Waals surface area contributed by atoms with Crippen molar-refractivity contribution in [3.05, 3.63) is 98.6 Å². The Labute approximate surface area is 190 Å². The van der Waals surface area contributed by atoms with Crippen molar-refractivity contribution < 1.29 is 9.59 Å². The summed E-state index contributed by atoms with van der Waals surface area (Å²) in [7, 11) is 0. The van der Waals surface area contributed by atoms with E-state index in [-0.39, 0.29) is 17.7 Å². The van der Waals surface area contributed by atoms with Crippen molar-refractivity contribution in [2.75, 3.05) is 4.90 Å². The van der Waals surface area contributed by atoms with Crippen LogP contribution in [0.1, 0.15) is 28.2 Å². The number of carbonyl (C=O) groups excluding carboxylic acids is 2. The van der Waals surface area contributed by atoms with Crippen LogP contribution in [0.5, 0.6) is 0 Å². The van der Waals surface area contributed by atoms with Crippen LogP contribution in [0.4, 0.5) is 5.69 Å². The van der Waals surface area contributed by atoms with Crippen LogP contribution in [0.2, 0.25) is 0 Å². The minimum Gasteiger partial charge on any atom is -0.274 e. The van der Waals surface area contributed by atoms with Gasteiger partial charge in [0.05, 0.1) is 21.8 Å². The molecule has 0 spiro atoms. The monoisotopic (exact) mass is 555 g/mol. The standard InChI is InChI=1S/C24H15BrINO2/c25-24-15-9-3-1-7-13(15)19(14-8-2-4-10-16(14)24)20-21(24)23(29)27(22(20)28)18-12-6-5-11-17(18)26/h1-12,19-21H/t19?,20-,21-,24?/m1/s1. The van der Waals surface area contributed by atoms with Gasteiger partial charge in [-0.05, 0) is 57.0 Å². The Morgan fingerprint density at radius 1 is 0.793 bits per heavy atom. The Bertz CT molecular complexity index is 1180. The summed E-state index contributed by atoms with van der Waals surface area (Å²) >= 11 is 6.22. The van der Waals surface area contributed by atoms with Gasteiger partial charge in [-0.15, -0.1) is 0 Å². The molecule has 4 aliphatic rings. The van der Waals surface area contributed by atoms with Gasteiger partial charge in [0.2, 0.25) is 11.8 Å². The number of anilines is 1. The molecule has 3 nitrogen and oxygen atoms in total. The van der Waals surface area contributed by atoms with Crippen molar-refractivity contribution in [2.45, 2.75) is 10.2 Å². The molecule has 0 aromatic heterocycles. The Kier molecular flexibility index (Phi) is 3.70. The molecule has 0 unspecified atom stereocenters. The van der Waals surface area contributed by atoms with Gasteiger partial charge in [-0.2, -0.15) is 0 Å². The smallest absolute Gasteiger partial charge is 0.239 e. The van der Waals surface area contributed by atoms with Crippen molar-refractivity contribution in [3.63, 3.8) is 0 Å². The Morgan fingerprint density at radius 3 is 1.97 bits per heavy atom. The Hall–Kier alpha value is -1.99. The zero-order valence-electron chi connectivity index (χ0n) is 15.2. The summed E-state index contributed by atoms with van der Waals surface area (Å²) in [5.74, 6) is -1.17. The molecule has 0 radical (unpaired) electrons. The molecule has 3 aromatic rings. The highest BCUT2D eigenvalue weighted by Crippen LogP contribution is 2.66. The van der Waals surface area contributed by atoms with Crippen LogP contribution in [0.25, 0.3) is 0 Å². The fraction of sp³-hybridized carbons (Fsp3) is 0.167. The normalized spacial score (nSPS) is 28.9. The number of nitrogens with zero attached hydrogens (tertiary/aromatic N) is 1. The summed E-state index contributed by atoms with van der Waals surface area (Å²) in [4.78, 5) is 29.0. The van der Waals surface area contributed by atoms with Crippen molar-refractivity contribution >= 4 is 56.0 Å². The molecule has 0 saturated carbocycles. The predicted octanol–water partition coefficient (Wildman–Crippen LogP) is 5.19. The highest BCUT2D eigenvalue weighted by atomic mass is 127. The van der Waals surface area contributed by atoms with E-state index in [1.54, 1.807) is 0 Å². The van der Waals surface area contributed by atoms with Gasteiger partial charge in [0.1, 0.15) is 0 Å². The molecule has 29 heavy (non-hydrogen) atoms. The van der Waals surface area contributed by atoms with E-state index in [2.05, 4.69) is 62.8 Å². The van der Waals surface area contributed by atoms with Gasteiger partial charge in [-0.1, -0.05) is 76.6 Å². The van der Waals surface area contributed by atoms with Crippen LogP contribution in [0.3, 0.4) is 0 Å². The second-order valence-corrected chi connectivity index (χ2v) is 10.2. The van der Waals surface area contributed by atoms with Crippen molar-refractivity contribution in [2.24, 2.45) is 11.8 Å². The first-order valence-electron chi connectivity index (χ1n) is 9.55. The maximum atomic E-state index is 13.8. The second-order valence-electron chi connectivity index (χ2n) is 7.83. The number of alkyl halides is 1. The van der Waals surface area contributed by atoms with Crippen LogP contribution in [-0.2, 0) is 13.9 Å². The minimum atomic E-state index is -0.693. The molecule has 0 N–H and O–H groups in total. The fourth-order valence-corrected chi connectivity index (χ4v) is 7.38. The molecule has 5 heteroatoms. The van der Waals surface area contributed by atoms with Crippen LogP contribution in [-0.4, -0.2) is 11.8 Å². The lowest BCUT2D eigenvalue weighted by Crippen LogP contribution is -2.50. The number of carbonyl (C=O) groups is 2. The number of amides is 2. The van der Waals surface area contributed by atoms with Crippen molar-refractivity contribution in [3.8, 4) is 0 Å². The zero-order chi connectivity index (χ0) is 19.9. The molecule has 1 aliphatic heterocycles. The summed E-state index contributed by atoms with van der Waals surface area (Å²) in [6, 6.07) is 24.1. The van der Waals surface area contributed by atoms with Gasteiger partial charge in [0.25, 0.3) is 0 Å². The van der Waals surface area contributed by atoms with Gasteiger partial charge in [-0.3, -0.25) is 9.59 Å². The highest BCUT2D eigenvalue weighted by Gasteiger charge is 2.67. The first-order valence-corrected chi connectivity index (χ1v) is 11.4. The lowest BCUT2D eigenvalue weighted by atomic mass is 9.55. The Balaban J connectivity index is 1.64. The molecule has 2 bridgehead atoms. The van der Waals surface area contributed by atoms with Crippen LogP contribution >= 0.6 is 38.5 Å². The van der Waals surface area contributed by atoms with Crippen molar-refractivity contribution in [1.82, 2.24) is 0 Å². The van der Waals surface area contributed by atoms with Gasteiger partial charge < -0.3 is 0 Å². The number of imide groups is 1. The average molecular weight is 556 g/mol. The number of hydrogen-bond acceptors (Lipinski definition) is 2. The number of hydrogen-bond donors (Lipinski definition) is 0. The first-order chi connectivity index (χ1) is 14.0. The topological polar surface area (TPSA) is 37.4 Å². The molecule has 2 atom stereocenters. The quantitative estimate of drug-likeness (QED) is 0.235. The third kappa shape index (κ3) is 2.07. The van der Waals surface area contributed by atoms with E-state index in [1.165, 1.54) is 4.90 Å². The van der Waals surface area contributed by atoms with Gasteiger partial charge in [-0.25, -0.2) is 4.90 Å². The Morgan fingerprint density at radius 2 is 1.34 bits per heavy atom. The van der Waals surface area contributed by atoms with Crippen LogP contribution < -0.4 is 4.90 Å². The minimum absolute atomic E-state index is 0.0954. The van der Waals surface area contributed by atoms with Crippen LogP contribution in [0.15, 0.2) is 72.8 Å². The van der Waals surface area contributed by atoms with E-state index in [1.807, 2.05) is 48.5 Å². The van der Waals surface area contributed by atoms with E-state index < -0.39 is 16.2 Å². The molecule has 7 rings (SSSR count). The lowest BCUT2D eigenvalue weighted by Gasteiger charge is -2.51.